The Labute approximate surface area is 169 Å². The van der Waals surface area contributed by atoms with E-state index in [9.17, 15) is 14.4 Å². The first-order valence-electron chi connectivity index (χ1n) is 9.22. The van der Waals surface area contributed by atoms with E-state index in [1.807, 2.05) is 37.3 Å². The molecule has 3 amide bonds. The lowest BCUT2D eigenvalue weighted by molar-refractivity contribution is -0.149. The van der Waals surface area contributed by atoms with Crippen LogP contribution in [0.4, 0.5) is 4.79 Å². The van der Waals surface area contributed by atoms with Crippen LogP contribution in [0.2, 0.25) is 0 Å². The molecule has 0 spiro atoms. The molecule has 1 atom stereocenters. The lowest BCUT2D eigenvalue weighted by Gasteiger charge is -2.12. The molecule has 0 saturated carbocycles. The average Bonchev–Trinajstić information content (AvgIpc) is 2.72. The first-order valence-corrected chi connectivity index (χ1v) is 9.22. The first kappa shape index (κ1) is 21.7. The smallest absolute Gasteiger partial charge is 0.331 e. The van der Waals surface area contributed by atoms with Gasteiger partial charge in [-0.1, -0.05) is 42.5 Å². The minimum atomic E-state index is -1.12. The van der Waals surface area contributed by atoms with Gasteiger partial charge in [-0.25, -0.2) is 9.59 Å². The fraction of sp³-hybridized carbons (Fsp3) is 0.227. The molecular weight excluding hydrogens is 372 g/mol. The van der Waals surface area contributed by atoms with Gasteiger partial charge in [-0.3, -0.25) is 10.1 Å². The molecule has 2 aromatic rings. The fourth-order valence-corrected chi connectivity index (χ4v) is 2.31. The van der Waals surface area contributed by atoms with Crippen molar-refractivity contribution in [1.29, 1.82) is 0 Å². The fourth-order valence-electron chi connectivity index (χ4n) is 2.31. The normalized spacial score (nSPS) is 11.5. The Morgan fingerprint density at radius 1 is 1.03 bits per heavy atom. The van der Waals surface area contributed by atoms with E-state index in [1.165, 1.54) is 13.0 Å². The molecule has 0 unspecified atom stereocenters. The maximum Gasteiger partial charge on any atom is 0.331 e. The zero-order valence-electron chi connectivity index (χ0n) is 16.4. The van der Waals surface area contributed by atoms with Crippen LogP contribution < -0.4 is 15.4 Å². The van der Waals surface area contributed by atoms with Crippen molar-refractivity contribution in [3.63, 3.8) is 0 Å². The molecule has 29 heavy (non-hydrogen) atoms. The van der Waals surface area contributed by atoms with Crippen molar-refractivity contribution in [3.05, 3.63) is 71.8 Å². The molecule has 152 valence electrons. The van der Waals surface area contributed by atoms with Crippen molar-refractivity contribution in [2.24, 2.45) is 0 Å². The molecule has 0 aliphatic rings. The second kappa shape index (κ2) is 11.3. The molecule has 0 aromatic heterocycles. The van der Waals surface area contributed by atoms with Crippen molar-refractivity contribution in [1.82, 2.24) is 10.6 Å². The monoisotopic (exact) mass is 396 g/mol. The van der Waals surface area contributed by atoms with Crippen molar-refractivity contribution >= 4 is 24.0 Å². The van der Waals surface area contributed by atoms with E-state index >= 15 is 0 Å². The average molecular weight is 396 g/mol. The van der Waals surface area contributed by atoms with Crippen LogP contribution in [-0.4, -0.2) is 30.6 Å². The highest BCUT2D eigenvalue weighted by Crippen LogP contribution is 2.13. The number of esters is 1. The zero-order chi connectivity index (χ0) is 21.1. The van der Waals surface area contributed by atoms with Crippen molar-refractivity contribution in [3.8, 4) is 5.75 Å². The largest absolute Gasteiger partial charge is 0.494 e. The number of benzene rings is 2. The Kier molecular flexibility index (Phi) is 8.44. The number of amides is 3. The molecule has 2 aromatic carbocycles. The van der Waals surface area contributed by atoms with Crippen molar-refractivity contribution < 1.29 is 23.9 Å². The van der Waals surface area contributed by atoms with Crippen LogP contribution in [0, 0.1) is 0 Å². The Morgan fingerprint density at radius 3 is 2.38 bits per heavy atom. The lowest BCUT2D eigenvalue weighted by atomic mass is 10.2. The first-order chi connectivity index (χ1) is 14.0. The van der Waals surface area contributed by atoms with E-state index in [1.54, 1.807) is 30.3 Å². The van der Waals surface area contributed by atoms with E-state index in [-0.39, 0.29) is 6.54 Å². The zero-order valence-corrected chi connectivity index (χ0v) is 16.4. The second-order valence-corrected chi connectivity index (χ2v) is 6.07. The summed E-state index contributed by atoms with van der Waals surface area (Å²) in [5.41, 5.74) is 1.68. The van der Waals surface area contributed by atoms with Gasteiger partial charge >= 0.3 is 12.0 Å². The number of imide groups is 1. The van der Waals surface area contributed by atoms with Gasteiger partial charge in [0.2, 0.25) is 0 Å². The molecule has 0 aliphatic carbocycles. The minimum Gasteiger partial charge on any atom is -0.494 e. The van der Waals surface area contributed by atoms with Gasteiger partial charge in [-0.15, -0.1) is 0 Å². The third-order valence-electron chi connectivity index (χ3n) is 3.80. The summed E-state index contributed by atoms with van der Waals surface area (Å²) in [7, 11) is 0. The third-order valence-corrected chi connectivity index (χ3v) is 3.80. The molecule has 7 heteroatoms. The van der Waals surface area contributed by atoms with E-state index in [0.717, 1.165) is 16.9 Å². The minimum absolute atomic E-state index is 0.277. The van der Waals surface area contributed by atoms with Gasteiger partial charge in [0.15, 0.2) is 6.10 Å². The molecule has 2 N–H and O–H groups in total. The van der Waals surface area contributed by atoms with Gasteiger partial charge in [0, 0.05) is 12.6 Å². The lowest BCUT2D eigenvalue weighted by Crippen LogP contribution is -2.44. The number of hydrogen-bond donors (Lipinski definition) is 2. The van der Waals surface area contributed by atoms with Crippen molar-refractivity contribution in [2.45, 2.75) is 26.5 Å². The van der Waals surface area contributed by atoms with Gasteiger partial charge < -0.3 is 14.8 Å². The highest BCUT2D eigenvalue weighted by Gasteiger charge is 2.18. The van der Waals surface area contributed by atoms with Gasteiger partial charge in [-0.2, -0.15) is 0 Å². The Balaban J connectivity index is 1.75. The number of rotatable bonds is 8. The summed E-state index contributed by atoms with van der Waals surface area (Å²) < 4.78 is 10.4. The maximum absolute atomic E-state index is 12.0. The topological polar surface area (TPSA) is 93.7 Å². The molecule has 0 heterocycles. The summed E-state index contributed by atoms with van der Waals surface area (Å²) in [5.74, 6) is -0.660. The van der Waals surface area contributed by atoms with Crippen LogP contribution in [0.25, 0.3) is 6.08 Å². The second-order valence-electron chi connectivity index (χ2n) is 6.07. The molecule has 7 nitrogen and oxygen atoms in total. The molecule has 0 radical (unpaired) electrons. The summed E-state index contributed by atoms with van der Waals surface area (Å²) in [5, 5.41) is 4.71. The molecule has 0 aliphatic heterocycles. The van der Waals surface area contributed by atoms with E-state index in [4.69, 9.17) is 9.47 Å². The van der Waals surface area contributed by atoms with Crippen LogP contribution >= 0.6 is 0 Å². The van der Waals surface area contributed by atoms with Crippen LogP contribution in [-0.2, 0) is 20.9 Å². The summed E-state index contributed by atoms with van der Waals surface area (Å²) in [6, 6.07) is 15.8. The van der Waals surface area contributed by atoms with Crippen LogP contribution in [0.1, 0.15) is 25.0 Å². The number of carbonyl (C=O) groups is 3. The standard InChI is InChI=1S/C22H24N2O5/c1-3-28-19-12-9-17(10-13-19)11-14-20(25)29-16(2)21(26)24-22(27)23-15-18-7-5-4-6-8-18/h4-14,16H,3,15H2,1-2H3,(H2,23,24,26,27)/b14-11+/t16-/m0/s1. The molecule has 0 bridgehead atoms. The van der Waals surface area contributed by atoms with Gasteiger partial charge in [-0.05, 0) is 43.2 Å². The van der Waals surface area contributed by atoms with Crippen LogP contribution in [0.5, 0.6) is 5.75 Å². The Hall–Kier alpha value is -3.61. The summed E-state index contributed by atoms with van der Waals surface area (Å²) >= 11 is 0. The summed E-state index contributed by atoms with van der Waals surface area (Å²) in [6.45, 7) is 4.14. The Morgan fingerprint density at radius 2 is 1.72 bits per heavy atom. The van der Waals surface area contributed by atoms with Crippen molar-refractivity contribution in [2.75, 3.05) is 6.61 Å². The molecule has 0 saturated heterocycles. The van der Waals surface area contributed by atoms with Gasteiger partial charge in [0.25, 0.3) is 5.91 Å². The third kappa shape index (κ3) is 7.88. The predicted octanol–water partition coefficient (Wildman–Crippen LogP) is 3.06. The molecule has 0 fully saturated rings. The number of nitrogens with one attached hydrogen (secondary N) is 2. The predicted molar refractivity (Wildman–Crippen MR) is 109 cm³/mol. The Bertz CT molecular complexity index is 847. The summed E-state index contributed by atoms with van der Waals surface area (Å²) in [6.07, 6.45) is 1.67. The number of hydrogen-bond acceptors (Lipinski definition) is 5. The van der Waals surface area contributed by atoms with Gasteiger partial charge in [0.1, 0.15) is 5.75 Å². The maximum atomic E-state index is 12.0. The van der Waals surface area contributed by atoms with E-state index in [0.29, 0.717) is 6.61 Å². The van der Waals surface area contributed by atoms with Gasteiger partial charge in [0.05, 0.1) is 6.61 Å². The highest BCUT2D eigenvalue weighted by atomic mass is 16.5. The molecular formula is C22H24N2O5. The molecule has 2 rings (SSSR count). The number of carbonyl (C=O) groups excluding carboxylic acids is 3. The quantitative estimate of drug-likeness (QED) is 0.528. The highest BCUT2D eigenvalue weighted by molar-refractivity contribution is 5.98. The van der Waals surface area contributed by atoms with Crippen LogP contribution in [0.3, 0.4) is 0 Å². The van der Waals surface area contributed by atoms with E-state index in [2.05, 4.69) is 10.6 Å². The van der Waals surface area contributed by atoms with Crippen LogP contribution in [0.15, 0.2) is 60.7 Å². The van der Waals surface area contributed by atoms with E-state index < -0.39 is 24.0 Å². The number of ether oxygens (including phenoxy) is 2. The SMILES string of the molecule is CCOc1ccc(/C=C/C(=O)O[C@@H](C)C(=O)NC(=O)NCc2ccccc2)cc1. The number of urea groups is 1. The summed E-state index contributed by atoms with van der Waals surface area (Å²) in [4.78, 5) is 35.7.